The number of carbonyl (C=O) groups is 1. The maximum absolute atomic E-state index is 12.4. The monoisotopic (exact) mass is 316 g/mol. The van der Waals surface area contributed by atoms with Crippen molar-refractivity contribution in [3.8, 4) is 5.75 Å². The number of hydrogen-bond donors (Lipinski definition) is 2. The number of alkyl halides is 3. The van der Waals surface area contributed by atoms with Crippen LogP contribution < -0.4 is 15.4 Å². The van der Waals surface area contributed by atoms with Gasteiger partial charge in [0.25, 0.3) is 0 Å². The molecule has 1 unspecified atom stereocenters. The minimum atomic E-state index is -4.37. The van der Waals surface area contributed by atoms with Gasteiger partial charge in [0.1, 0.15) is 5.75 Å². The predicted molar refractivity (Wildman–Crippen MR) is 76.9 cm³/mol. The van der Waals surface area contributed by atoms with Crippen LogP contribution in [0.3, 0.4) is 0 Å². The number of carbonyl (C=O) groups excluding carboxylic acids is 1. The Morgan fingerprint density at radius 3 is 2.55 bits per heavy atom. The predicted octanol–water partition coefficient (Wildman–Crippen LogP) is 3.10. The van der Waals surface area contributed by atoms with E-state index in [-0.39, 0.29) is 11.7 Å². The lowest BCUT2D eigenvalue weighted by molar-refractivity contribution is -0.153. The van der Waals surface area contributed by atoms with Crippen LogP contribution in [0.25, 0.3) is 0 Å². The van der Waals surface area contributed by atoms with Gasteiger partial charge in [0, 0.05) is 5.69 Å². The fraction of sp³-hybridized carbons (Fsp3) is 0.533. The molecule has 2 rings (SSSR count). The molecule has 7 heteroatoms. The number of nitrogens with one attached hydrogen (secondary N) is 2. The molecular formula is C15H19F3N2O2. The van der Waals surface area contributed by atoms with Gasteiger partial charge in [-0.1, -0.05) is 6.92 Å². The van der Waals surface area contributed by atoms with Crippen molar-refractivity contribution >= 4 is 11.6 Å². The summed E-state index contributed by atoms with van der Waals surface area (Å²) in [4.78, 5) is 12.4. The molecule has 0 radical (unpaired) electrons. The van der Waals surface area contributed by atoms with E-state index in [1.807, 2.05) is 6.92 Å². The third-order valence-electron chi connectivity index (χ3n) is 3.80. The highest BCUT2D eigenvalue weighted by atomic mass is 19.4. The minimum absolute atomic E-state index is 0.111. The molecule has 2 N–H and O–H groups in total. The molecular weight excluding hydrogens is 297 g/mol. The summed E-state index contributed by atoms with van der Waals surface area (Å²) < 4.78 is 40.8. The summed E-state index contributed by atoms with van der Waals surface area (Å²) in [5.74, 6) is -0.00372. The third-order valence-corrected chi connectivity index (χ3v) is 3.80. The minimum Gasteiger partial charge on any atom is -0.484 e. The van der Waals surface area contributed by atoms with E-state index in [9.17, 15) is 18.0 Å². The topological polar surface area (TPSA) is 50.4 Å². The van der Waals surface area contributed by atoms with Gasteiger partial charge in [-0.25, -0.2) is 0 Å². The van der Waals surface area contributed by atoms with Crippen LogP contribution >= 0.6 is 0 Å². The van der Waals surface area contributed by atoms with E-state index < -0.39 is 18.3 Å². The second-order valence-corrected chi connectivity index (χ2v) is 5.35. The van der Waals surface area contributed by atoms with Crippen molar-refractivity contribution < 1.29 is 22.7 Å². The van der Waals surface area contributed by atoms with Crippen molar-refractivity contribution in [2.45, 2.75) is 37.9 Å². The molecule has 1 aliphatic rings. The summed E-state index contributed by atoms with van der Waals surface area (Å²) in [5.41, 5.74) is -0.0169. The molecule has 0 aromatic heterocycles. The number of halogens is 3. The summed E-state index contributed by atoms with van der Waals surface area (Å²) in [5, 5.41) is 6.02. The normalized spacial score (nSPS) is 21.6. The molecule has 1 saturated heterocycles. The third kappa shape index (κ3) is 4.13. The number of rotatable bonds is 5. The fourth-order valence-corrected chi connectivity index (χ4v) is 2.51. The van der Waals surface area contributed by atoms with Gasteiger partial charge >= 0.3 is 6.18 Å². The number of anilines is 1. The van der Waals surface area contributed by atoms with E-state index in [4.69, 9.17) is 0 Å². The van der Waals surface area contributed by atoms with E-state index in [0.29, 0.717) is 12.1 Å². The van der Waals surface area contributed by atoms with Crippen LogP contribution in [0.15, 0.2) is 24.3 Å². The number of benzene rings is 1. The van der Waals surface area contributed by atoms with E-state index in [1.165, 1.54) is 24.3 Å². The summed E-state index contributed by atoms with van der Waals surface area (Å²) in [6.45, 7) is 1.43. The van der Waals surface area contributed by atoms with Gasteiger partial charge < -0.3 is 15.4 Å². The van der Waals surface area contributed by atoms with Crippen LogP contribution in [0.2, 0.25) is 0 Å². The van der Waals surface area contributed by atoms with Crippen LogP contribution in [0.4, 0.5) is 18.9 Å². The number of amides is 1. The zero-order valence-corrected chi connectivity index (χ0v) is 12.3. The Morgan fingerprint density at radius 1 is 1.36 bits per heavy atom. The standard InChI is InChI=1S/C15H19F3N2O2/c1-2-14(8-3-9-19-14)13(21)20-11-4-6-12(7-5-11)22-10-15(16,17)18/h4-7,19H,2-3,8-10H2,1H3,(H,20,21). The highest BCUT2D eigenvalue weighted by molar-refractivity contribution is 5.98. The summed E-state index contributed by atoms with van der Waals surface area (Å²) in [7, 11) is 0. The first-order chi connectivity index (χ1) is 10.3. The van der Waals surface area contributed by atoms with Crippen LogP contribution in [-0.2, 0) is 4.79 Å². The second kappa shape index (κ2) is 6.56. The molecule has 1 aromatic carbocycles. The van der Waals surface area contributed by atoms with Crippen LogP contribution in [0.1, 0.15) is 26.2 Å². The molecule has 0 spiro atoms. The average Bonchev–Trinajstić information content (AvgIpc) is 2.96. The molecule has 1 heterocycles. The van der Waals surface area contributed by atoms with Gasteiger partial charge in [0.05, 0.1) is 5.54 Å². The summed E-state index contributed by atoms with van der Waals surface area (Å²) in [6.07, 6.45) is -1.95. The van der Waals surface area contributed by atoms with Gasteiger partial charge in [-0.05, 0) is 50.1 Å². The van der Waals surface area contributed by atoms with Crippen LogP contribution in [0, 0.1) is 0 Å². The maximum Gasteiger partial charge on any atom is 0.422 e. The molecule has 0 bridgehead atoms. The Bertz CT molecular complexity index is 509. The first-order valence-corrected chi connectivity index (χ1v) is 7.21. The van der Waals surface area contributed by atoms with Gasteiger partial charge in [-0.3, -0.25) is 4.79 Å². The molecule has 0 aliphatic carbocycles. The van der Waals surface area contributed by atoms with Crippen LogP contribution in [0.5, 0.6) is 5.75 Å². The first-order valence-electron chi connectivity index (χ1n) is 7.21. The molecule has 1 aromatic rings. The van der Waals surface area contributed by atoms with E-state index in [0.717, 1.165) is 19.4 Å². The van der Waals surface area contributed by atoms with E-state index in [1.54, 1.807) is 0 Å². The molecule has 1 atom stereocenters. The smallest absolute Gasteiger partial charge is 0.422 e. The molecule has 1 aliphatic heterocycles. The summed E-state index contributed by atoms with van der Waals surface area (Å²) in [6, 6.07) is 5.87. The van der Waals surface area contributed by atoms with Gasteiger partial charge in [-0.2, -0.15) is 13.2 Å². The Balaban J connectivity index is 1.95. The zero-order valence-electron chi connectivity index (χ0n) is 12.3. The second-order valence-electron chi connectivity index (χ2n) is 5.35. The highest BCUT2D eigenvalue weighted by Gasteiger charge is 2.39. The molecule has 4 nitrogen and oxygen atoms in total. The summed E-state index contributed by atoms with van der Waals surface area (Å²) >= 11 is 0. The van der Waals surface area contributed by atoms with Crippen molar-refractivity contribution in [1.82, 2.24) is 5.32 Å². The van der Waals surface area contributed by atoms with Crippen molar-refractivity contribution in [2.24, 2.45) is 0 Å². The zero-order chi connectivity index (χ0) is 16.2. The quantitative estimate of drug-likeness (QED) is 0.877. The molecule has 122 valence electrons. The molecule has 22 heavy (non-hydrogen) atoms. The van der Waals surface area contributed by atoms with Gasteiger partial charge in [0.15, 0.2) is 6.61 Å². The lowest BCUT2D eigenvalue weighted by Crippen LogP contribution is -2.50. The van der Waals surface area contributed by atoms with E-state index >= 15 is 0 Å². The van der Waals surface area contributed by atoms with Gasteiger partial charge in [0.2, 0.25) is 5.91 Å². The highest BCUT2D eigenvalue weighted by Crippen LogP contribution is 2.26. The number of ether oxygens (including phenoxy) is 1. The fourth-order valence-electron chi connectivity index (χ4n) is 2.51. The number of hydrogen-bond acceptors (Lipinski definition) is 3. The van der Waals surface area contributed by atoms with Crippen molar-refractivity contribution in [3.63, 3.8) is 0 Å². The Morgan fingerprint density at radius 2 is 2.05 bits per heavy atom. The Labute approximate surface area is 127 Å². The SMILES string of the molecule is CCC1(C(=O)Nc2ccc(OCC(F)(F)F)cc2)CCCN1. The first kappa shape index (κ1) is 16.6. The van der Waals surface area contributed by atoms with Crippen molar-refractivity contribution in [3.05, 3.63) is 24.3 Å². The lowest BCUT2D eigenvalue weighted by atomic mass is 9.93. The Kier molecular flexibility index (Phi) is 4.95. The Hall–Kier alpha value is -1.76. The molecule has 0 saturated carbocycles. The maximum atomic E-state index is 12.4. The van der Waals surface area contributed by atoms with Crippen molar-refractivity contribution in [1.29, 1.82) is 0 Å². The van der Waals surface area contributed by atoms with Crippen LogP contribution in [-0.4, -0.2) is 30.8 Å². The largest absolute Gasteiger partial charge is 0.484 e. The average molecular weight is 316 g/mol. The molecule has 1 fully saturated rings. The van der Waals surface area contributed by atoms with Gasteiger partial charge in [-0.15, -0.1) is 0 Å². The van der Waals surface area contributed by atoms with Crippen molar-refractivity contribution in [2.75, 3.05) is 18.5 Å². The molecule has 1 amide bonds. The lowest BCUT2D eigenvalue weighted by Gasteiger charge is -2.26. The van der Waals surface area contributed by atoms with E-state index in [2.05, 4.69) is 15.4 Å².